The van der Waals surface area contributed by atoms with Crippen molar-refractivity contribution in [2.75, 3.05) is 13.7 Å². The second kappa shape index (κ2) is 13.9. The van der Waals surface area contributed by atoms with Crippen molar-refractivity contribution in [3.05, 3.63) is 126 Å². The Bertz CT molecular complexity index is 1840. The Morgan fingerprint density at radius 2 is 1.77 bits per heavy atom. The summed E-state index contributed by atoms with van der Waals surface area (Å²) in [5, 5.41) is 0. The van der Waals surface area contributed by atoms with Gasteiger partial charge in [0.2, 0.25) is 0 Å². The summed E-state index contributed by atoms with van der Waals surface area (Å²) in [4.78, 5) is 32.9. The van der Waals surface area contributed by atoms with Crippen molar-refractivity contribution in [2.24, 2.45) is 4.99 Å². The van der Waals surface area contributed by atoms with Crippen LogP contribution in [0.3, 0.4) is 0 Å². The predicted molar refractivity (Wildman–Crippen MR) is 174 cm³/mol. The van der Waals surface area contributed by atoms with E-state index in [1.54, 1.807) is 18.6 Å². The van der Waals surface area contributed by atoms with Crippen LogP contribution in [0.25, 0.3) is 6.08 Å². The zero-order chi connectivity index (χ0) is 31.2. The van der Waals surface area contributed by atoms with Crippen molar-refractivity contribution in [2.45, 2.75) is 59.1 Å². The molecule has 4 aromatic rings. The number of rotatable bonds is 11. The minimum absolute atomic E-state index is 0.215. The monoisotopic (exact) mass is 610 g/mol. The summed E-state index contributed by atoms with van der Waals surface area (Å²) in [5.41, 5.74) is 4.74. The van der Waals surface area contributed by atoms with E-state index in [4.69, 9.17) is 19.2 Å². The van der Waals surface area contributed by atoms with Gasteiger partial charge in [0.15, 0.2) is 16.3 Å². The number of fused-ring (bicyclic) bond motifs is 1. The number of allylic oxidation sites excluding steroid dienone is 1. The lowest BCUT2D eigenvalue weighted by molar-refractivity contribution is -0.139. The summed E-state index contributed by atoms with van der Waals surface area (Å²) >= 11 is 1.32. The Labute approximate surface area is 261 Å². The molecule has 5 rings (SSSR count). The molecule has 0 spiro atoms. The lowest BCUT2D eigenvalue weighted by atomic mass is 9.92. The highest BCUT2D eigenvalue weighted by molar-refractivity contribution is 7.07. The Kier molecular flexibility index (Phi) is 9.80. The molecule has 1 unspecified atom stereocenters. The molecule has 44 heavy (non-hydrogen) atoms. The van der Waals surface area contributed by atoms with E-state index in [1.165, 1.54) is 16.9 Å². The first-order valence-corrected chi connectivity index (χ1v) is 15.8. The van der Waals surface area contributed by atoms with Gasteiger partial charge in [-0.15, -0.1) is 0 Å². The number of ether oxygens (including phenoxy) is 3. The van der Waals surface area contributed by atoms with E-state index >= 15 is 0 Å². The molecule has 228 valence electrons. The zero-order valence-electron chi connectivity index (χ0n) is 25.8. The Morgan fingerprint density at radius 1 is 1.02 bits per heavy atom. The highest BCUT2D eigenvalue weighted by atomic mass is 32.1. The molecule has 1 aliphatic heterocycles. The maximum Gasteiger partial charge on any atom is 0.338 e. The van der Waals surface area contributed by atoms with E-state index in [0.717, 1.165) is 23.1 Å². The summed E-state index contributed by atoms with van der Waals surface area (Å²) in [5.74, 6) is 1.10. The van der Waals surface area contributed by atoms with Gasteiger partial charge < -0.3 is 14.2 Å². The van der Waals surface area contributed by atoms with E-state index in [9.17, 15) is 9.59 Å². The van der Waals surface area contributed by atoms with Gasteiger partial charge in [-0.1, -0.05) is 99.2 Å². The van der Waals surface area contributed by atoms with Crippen LogP contribution in [0.1, 0.15) is 74.8 Å². The third-order valence-electron chi connectivity index (χ3n) is 7.53. The van der Waals surface area contributed by atoms with Crippen molar-refractivity contribution >= 4 is 23.4 Å². The molecule has 0 radical (unpaired) electrons. The molecular weight excluding hydrogens is 572 g/mol. The van der Waals surface area contributed by atoms with Crippen LogP contribution in [0, 0.1) is 0 Å². The van der Waals surface area contributed by atoms with E-state index in [0.29, 0.717) is 51.0 Å². The number of hydrogen-bond donors (Lipinski definition) is 0. The molecule has 0 bridgehead atoms. The van der Waals surface area contributed by atoms with Crippen molar-refractivity contribution in [3.8, 4) is 11.5 Å². The minimum Gasteiger partial charge on any atom is -0.493 e. The van der Waals surface area contributed by atoms with Crippen LogP contribution in [-0.4, -0.2) is 24.3 Å². The van der Waals surface area contributed by atoms with Crippen LogP contribution in [0.15, 0.2) is 93.9 Å². The number of hydrogen-bond acceptors (Lipinski definition) is 7. The number of aromatic nitrogens is 1. The normalized spacial score (nSPS) is 14.8. The van der Waals surface area contributed by atoms with Gasteiger partial charge in [-0.3, -0.25) is 9.36 Å². The molecule has 8 heteroatoms. The highest BCUT2D eigenvalue weighted by Crippen LogP contribution is 2.33. The summed E-state index contributed by atoms with van der Waals surface area (Å²) in [7, 11) is 1.60. The summed E-state index contributed by atoms with van der Waals surface area (Å²) in [6.07, 6.45) is 3.23. The van der Waals surface area contributed by atoms with Gasteiger partial charge >= 0.3 is 5.97 Å². The quantitative estimate of drug-likeness (QED) is 0.187. The second-order valence-electron chi connectivity index (χ2n) is 10.9. The largest absolute Gasteiger partial charge is 0.493 e. The van der Waals surface area contributed by atoms with E-state index in [-0.39, 0.29) is 12.2 Å². The third kappa shape index (κ3) is 6.55. The molecule has 1 aliphatic rings. The number of esters is 1. The van der Waals surface area contributed by atoms with Gasteiger partial charge in [0.25, 0.3) is 5.56 Å². The van der Waals surface area contributed by atoms with Crippen LogP contribution >= 0.6 is 11.3 Å². The summed E-state index contributed by atoms with van der Waals surface area (Å²) in [6, 6.07) is 23.0. The number of methoxy groups -OCH3 is 1. The van der Waals surface area contributed by atoms with Crippen molar-refractivity contribution in [1.82, 2.24) is 4.57 Å². The highest BCUT2D eigenvalue weighted by Gasteiger charge is 2.34. The Morgan fingerprint density at radius 3 is 2.43 bits per heavy atom. The minimum atomic E-state index is -0.640. The molecule has 0 saturated carbocycles. The first kappa shape index (κ1) is 31.0. The fourth-order valence-electron chi connectivity index (χ4n) is 5.28. The molecule has 7 nitrogen and oxygen atoms in total. The lowest BCUT2D eigenvalue weighted by Crippen LogP contribution is -2.40. The third-order valence-corrected chi connectivity index (χ3v) is 8.52. The second-order valence-corrected chi connectivity index (χ2v) is 11.9. The molecule has 0 amide bonds. The van der Waals surface area contributed by atoms with Gasteiger partial charge in [0.05, 0.1) is 35.6 Å². The van der Waals surface area contributed by atoms with Gasteiger partial charge in [0.1, 0.15) is 6.61 Å². The first-order valence-electron chi connectivity index (χ1n) is 15.0. The number of benzene rings is 3. The lowest BCUT2D eigenvalue weighted by Gasteiger charge is -2.26. The number of thiazole rings is 1. The van der Waals surface area contributed by atoms with Crippen LogP contribution in [0.5, 0.6) is 11.5 Å². The molecule has 0 saturated heterocycles. The molecule has 3 aromatic carbocycles. The topological polar surface area (TPSA) is 79.1 Å². The molecule has 0 fully saturated rings. The molecule has 2 heterocycles. The van der Waals surface area contributed by atoms with E-state index in [2.05, 4.69) is 26.0 Å². The Balaban J connectivity index is 1.59. The van der Waals surface area contributed by atoms with Crippen molar-refractivity contribution in [1.29, 1.82) is 0 Å². The summed E-state index contributed by atoms with van der Waals surface area (Å²) < 4.78 is 19.3. The zero-order valence-corrected chi connectivity index (χ0v) is 26.6. The molecule has 0 aliphatic carbocycles. The molecular formula is C36H38N2O5S. The van der Waals surface area contributed by atoms with Gasteiger partial charge in [0, 0.05) is 0 Å². The first-order chi connectivity index (χ1) is 21.3. The number of carbonyl (C=O) groups excluding carboxylic acids is 1. The van der Waals surface area contributed by atoms with Gasteiger partial charge in [-0.25, -0.2) is 9.79 Å². The van der Waals surface area contributed by atoms with Crippen LogP contribution in [0.2, 0.25) is 0 Å². The molecule has 1 atom stereocenters. The van der Waals surface area contributed by atoms with Crippen molar-refractivity contribution < 1.29 is 19.0 Å². The van der Waals surface area contributed by atoms with Crippen LogP contribution < -0.4 is 24.4 Å². The molecule has 0 N–H and O–H groups in total. The van der Waals surface area contributed by atoms with Gasteiger partial charge in [-0.2, -0.15) is 0 Å². The van der Waals surface area contributed by atoms with E-state index < -0.39 is 12.0 Å². The van der Waals surface area contributed by atoms with Crippen LogP contribution in [-0.2, 0) is 16.1 Å². The number of nitrogens with zero attached hydrogens (tertiary/aromatic N) is 2. The van der Waals surface area contributed by atoms with Crippen molar-refractivity contribution in [3.63, 3.8) is 0 Å². The predicted octanol–water partition coefficient (Wildman–Crippen LogP) is 6.29. The maximum atomic E-state index is 14.1. The molecule has 1 aromatic heterocycles. The summed E-state index contributed by atoms with van der Waals surface area (Å²) in [6.45, 7) is 8.75. The fraction of sp³-hybridized carbons (Fsp3) is 0.306. The average molecular weight is 611 g/mol. The Hall–Kier alpha value is -4.43. The van der Waals surface area contributed by atoms with Gasteiger partial charge in [-0.05, 0) is 59.7 Å². The van der Waals surface area contributed by atoms with E-state index in [1.807, 2.05) is 73.7 Å². The smallest absolute Gasteiger partial charge is 0.338 e. The fourth-order valence-corrected chi connectivity index (χ4v) is 6.30. The van der Waals surface area contributed by atoms with Crippen LogP contribution in [0.4, 0.5) is 0 Å². The standard InChI is InChI=1S/C36H38N2O5S/c1-6-11-28-32(35(40)42-7-2)33(27-17-15-26(16-18-27)23(3)4)38-34(39)31(44-36(38)37-28)21-25-14-19-29(30(20-25)41-5)43-22-24-12-9-8-10-13-24/h8-10,12-21,23,33H,6-7,11,22H2,1-5H3/b31-21-. The number of carbonyl (C=O) groups is 1. The average Bonchev–Trinajstić information content (AvgIpc) is 3.34. The SMILES string of the molecule is CCCC1=C(C(=O)OCC)C(c2ccc(C(C)C)cc2)n2c(s/c(=C\c3ccc(OCc4ccccc4)c(OC)c3)c2=O)=N1. The maximum absolute atomic E-state index is 14.1.